The maximum absolute atomic E-state index is 9.37. The van der Waals surface area contributed by atoms with Crippen LogP contribution in [0.1, 0.15) is 29.7 Å². The zero-order valence-electron chi connectivity index (χ0n) is 7.63. The highest BCUT2D eigenvalue weighted by Crippen LogP contribution is 2.33. The van der Waals surface area contributed by atoms with E-state index in [-0.39, 0.29) is 0 Å². The number of ether oxygens (including phenoxy) is 1. The van der Waals surface area contributed by atoms with Gasteiger partial charge in [-0.05, 0) is 26.8 Å². The Morgan fingerprint density at radius 3 is 2.83 bits per heavy atom. The van der Waals surface area contributed by atoms with Crippen LogP contribution in [0.2, 0.25) is 0 Å². The van der Waals surface area contributed by atoms with Gasteiger partial charge < -0.3 is 9.84 Å². The molecule has 1 heterocycles. The Morgan fingerprint density at radius 1 is 1.67 bits per heavy atom. The summed E-state index contributed by atoms with van der Waals surface area (Å²) in [5.41, 5.74) is 0. The van der Waals surface area contributed by atoms with E-state index >= 15 is 0 Å². The Bertz CT molecular complexity index is 253. The number of aryl methyl sites for hydroxylation is 1. The Balaban J connectivity index is 2.92. The van der Waals surface area contributed by atoms with Gasteiger partial charge in [-0.1, -0.05) is 0 Å². The first kappa shape index (κ1) is 9.55. The van der Waals surface area contributed by atoms with Crippen LogP contribution in [-0.2, 0) is 0 Å². The molecule has 68 valence electrons. The molecule has 0 aliphatic carbocycles. The van der Waals surface area contributed by atoms with E-state index in [4.69, 9.17) is 4.74 Å². The van der Waals surface area contributed by atoms with E-state index in [0.717, 1.165) is 10.6 Å². The molecule has 0 spiro atoms. The highest BCUT2D eigenvalue weighted by molar-refractivity contribution is 7.12. The lowest BCUT2D eigenvalue weighted by atomic mass is 10.3. The molecule has 0 saturated carbocycles. The first-order valence-electron chi connectivity index (χ1n) is 4.06. The summed E-state index contributed by atoms with van der Waals surface area (Å²) in [5, 5.41) is 9.37. The third-order valence-electron chi connectivity index (χ3n) is 1.53. The van der Waals surface area contributed by atoms with Crippen molar-refractivity contribution in [2.45, 2.75) is 26.9 Å². The van der Waals surface area contributed by atoms with Crippen LogP contribution in [-0.4, -0.2) is 11.7 Å². The van der Waals surface area contributed by atoms with E-state index in [1.165, 1.54) is 4.88 Å². The molecule has 1 aromatic rings. The lowest BCUT2D eigenvalue weighted by Gasteiger charge is -2.05. The number of hydrogen-bond acceptors (Lipinski definition) is 3. The molecule has 0 radical (unpaired) electrons. The normalized spacial score (nSPS) is 13.0. The number of hydrogen-bond donors (Lipinski definition) is 1. The summed E-state index contributed by atoms with van der Waals surface area (Å²) in [6.45, 7) is 6.36. The number of thiophene rings is 1. The monoisotopic (exact) mass is 186 g/mol. The Morgan fingerprint density at radius 2 is 2.33 bits per heavy atom. The van der Waals surface area contributed by atoms with Crippen LogP contribution in [0.4, 0.5) is 0 Å². The minimum atomic E-state index is -0.426. The van der Waals surface area contributed by atoms with Crippen LogP contribution in [0, 0.1) is 6.92 Å². The molecule has 0 amide bonds. The summed E-state index contributed by atoms with van der Waals surface area (Å²) in [6.07, 6.45) is -0.426. The van der Waals surface area contributed by atoms with Gasteiger partial charge in [0.05, 0.1) is 17.6 Å². The summed E-state index contributed by atoms with van der Waals surface area (Å²) in [7, 11) is 0. The van der Waals surface area contributed by atoms with Crippen molar-refractivity contribution < 1.29 is 9.84 Å². The van der Waals surface area contributed by atoms with E-state index in [9.17, 15) is 5.11 Å². The van der Waals surface area contributed by atoms with Crippen LogP contribution in [0.5, 0.6) is 5.75 Å². The lowest BCUT2D eigenvalue weighted by molar-refractivity contribution is 0.196. The fourth-order valence-electron chi connectivity index (χ4n) is 1.07. The first-order chi connectivity index (χ1) is 5.65. The van der Waals surface area contributed by atoms with Crippen molar-refractivity contribution in [2.75, 3.05) is 6.61 Å². The van der Waals surface area contributed by atoms with Gasteiger partial charge in [0.15, 0.2) is 0 Å². The summed E-state index contributed by atoms with van der Waals surface area (Å²) in [6, 6.07) is 1.97. The molecule has 2 nitrogen and oxygen atoms in total. The highest BCUT2D eigenvalue weighted by atomic mass is 32.1. The third kappa shape index (κ3) is 1.99. The van der Waals surface area contributed by atoms with Crippen LogP contribution in [0.25, 0.3) is 0 Å². The number of aliphatic hydroxyl groups is 1. The van der Waals surface area contributed by atoms with Crippen LogP contribution in [0.3, 0.4) is 0 Å². The summed E-state index contributed by atoms with van der Waals surface area (Å²) >= 11 is 1.59. The van der Waals surface area contributed by atoms with Crippen LogP contribution in [0.15, 0.2) is 6.07 Å². The van der Waals surface area contributed by atoms with Gasteiger partial charge in [0.2, 0.25) is 0 Å². The molecule has 1 rings (SSSR count). The Hall–Kier alpha value is -0.540. The molecule has 1 N–H and O–H groups in total. The Kier molecular flexibility index (Phi) is 3.12. The minimum Gasteiger partial charge on any atom is -0.493 e. The molecule has 0 aliphatic rings. The zero-order chi connectivity index (χ0) is 9.14. The molecule has 0 aromatic carbocycles. The molecule has 1 atom stereocenters. The topological polar surface area (TPSA) is 29.5 Å². The van der Waals surface area contributed by atoms with Crippen molar-refractivity contribution in [2.24, 2.45) is 0 Å². The van der Waals surface area contributed by atoms with Gasteiger partial charge in [0, 0.05) is 4.88 Å². The zero-order valence-corrected chi connectivity index (χ0v) is 8.44. The average Bonchev–Trinajstić information content (AvgIpc) is 2.32. The predicted octanol–water partition coefficient (Wildman–Crippen LogP) is 2.51. The second-order valence-corrected chi connectivity index (χ2v) is 3.98. The first-order valence-corrected chi connectivity index (χ1v) is 4.88. The van der Waals surface area contributed by atoms with Gasteiger partial charge in [-0.2, -0.15) is 0 Å². The molecule has 0 bridgehead atoms. The minimum absolute atomic E-state index is 0.426. The summed E-state index contributed by atoms with van der Waals surface area (Å²) in [4.78, 5) is 2.10. The maximum atomic E-state index is 9.37. The molecule has 12 heavy (non-hydrogen) atoms. The fraction of sp³-hybridized carbons (Fsp3) is 0.556. The van der Waals surface area contributed by atoms with E-state index in [1.54, 1.807) is 18.3 Å². The van der Waals surface area contributed by atoms with Crippen molar-refractivity contribution in [3.63, 3.8) is 0 Å². The molecular weight excluding hydrogens is 172 g/mol. The Labute approximate surface area is 76.8 Å². The van der Waals surface area contributed by atoms with E-state index in [1.807, 2.05) is 19.9 Å². The summed E-state index contributed by atoms with van der Waals surface area (Å²) < 4.78 is 5.37. The highest BCUT2D eigenvalue weighted by Gasteiger charge is 2.12. The largest absolute Gasteiger partial charge is 0.493 e. The van der Waals surface area contributed by atoms with Crippen molar-refractivity contribution >= 4 is 11.3 Å². The second-order valence-electron chi connectivity index (χ2n) is 2.69. The van der Waals surface area contributed by atoms with E-state index in [0.29, 0.717) is 6.61 Å². The molecule has 0 fully saturated rings. The SMILES string of the molecule is CCOc1cc(C)sc1C(C)O. The number of aliphatic hydroxyl groups excluding tert-OH is 1. The smallest absolute Gasteiger partial charge is 0.136 e. The van der Waals surface area contributed by atoms with E-state index < -0.39 is 6.10 Å². The van der Waals surface area contributed by atoms with Crippen molar-refractivity contribution in [1.82, 2.24) is 0 Å². The van der Waals surface area contributed by atoms with Crippen LogP contribution < -0.4 is 4.74 Å². The van der Waals surface area contributed by atoms with Gasteiger partial charge in [0.1, 0.15) is 5.75 Å². The van der Waals surface area contributed by atoms with Gasteiger partial charge in [-0.25, -0.2) is 0 Å². The van der Waals surface area contributed by atoms with E-state index in [2.05, 4.69) is 0 Å². The van der Waals surface area contributed by atoms with Crippen molar-refractivity contribution in [1.29, 1.82) is 0 Å². The van der Waals surface area contributed by atoms with Gasteiger partial charge >= 0.3 is 0 Å². The molecule has 1 aromatic heterocycles. The second kappa shape index (κ2) is 3.92. The quantitative estimate of drug-likeness (QED) is 0.786. The molecule has 1 unspecified atom stereocenters. The average molecular weight is 186 g/mol. The van der Waals surface area contributed by atoms with Gasteiger partial charge in [0.25, 0.3) is 0 Å². The molecule has 0 saturated heterocycles. The molecular formula is C9H14O2S. The standard InChI is InChI=1S/C9H14O2S/c1-4-11-8-5-6(2)12-9(8)7(3)10/h5,7,10H,4H2,1-3H3. The lowest BCUT2D eigenvalue weighted by Crippen LogP contribution is -1.95. The summed E-state index contributed by atoms with van der Waals surface area (Å²) in [5.74, 6) is 0.829. The van der Waals surface area contributed by atoms with Gasteiger partial charge in [-0.15, -0.1) is 11.3 Å². The maximum Gasteiger partial charge on any atom is 0.136 e. The van der Waals surface area contributed by atoms with Crippen molar-refractivity contribution in [3.05, 3.63) is 15.8 Å². The van der Waals surface area contributed by atoms with Crippen LogP contribution >= 0.6 is 11.3 Å². The fourth-order valence-corrected chi connectivity index (χ4v) is 1.97. The molecule has 3 heteroatoms. The third-order valence-corrected chi connectivity index (χ3v) is 2.73. The van der Waals surface area contributed by atoms with Crippen molar-refractivity contribution in [3.8, 4) is 5.75 Å². The number of rotatable bonds is 3. The molecule has 0 aliphatic heterocycles. The van der Waals surface area contributed by atoms with Gasteiger partial charge in [-0.3, -0.25) is 0 Å². The predicted molar refractivity (Wildman–Crippen MR) is 50.9 cm³/mol.